The summed E-state index contributed by atoms with van der Waals surface area (Å²) in [5.74, 6) is -0.174. The maximum Gasteiger partial charge on any atom is 0.222 e. The summed E-state index contributed by atoms with van der Waals surface area (Å²) >= 11 is 0. The maximum atomic E-state index is 11.7. The van der Waals surface area contributed by atoms with Crippen LogP contribution in [0, 0.1) is 0 Å². The van der Waals surface area contributed by atoms with E-state index in [1.807, 2.05) is 37.3 Å². The molecule has 0 saturated carbocycles. The van der Waals surface area contributed by atoms with Gasteiger partial charge in [0.2, 0.25) is 11.8 Å². The van der Waals surface area contributed by atoms with Gasteiger partial charge in [-0.25, -0.2) is 0 Å². The molecule has 4 heteroatoms. The lowest BCUT2D eigenvalue weighted by Gasteiger charge is -2.17. The molecule has 1 aromatic carbocycles. The van der Waals surface area contributed by atoms with Gasteiger partial charge in [0, 0.05) is 13.5 Å². The van der Waals surface area contributed by atoms with Gasteiger partial charge < -0.3 is 10.6 Å². The molecule has 4 nitrogen and oxygen atoms in total. The predicted octanol–water partition coefficient (Wildman–Crippen LogP) is 1.78. The highest BCUT2D eigenvalue weighted by Gasteiger charge is 2.16. The zero-order chi connectivity index (χ0) is 13.4. The normalized spacial score (nSPS) is 11.7. The second-order valence-corrected chi connectivity index (χ2v) is 4.22. The first-order valence-electron chi connectivity index (χ1n) is 6.22. The Morgan fingerprint density at radius 2 is 1.89 bits per heavy atom. The van der Waals surface area contributed by atoms with Gasteiger partial charge in [0.1, 0.15) is 0 Å². The molecular formula is C14H20N2O2. The summed E-state index contributed by atoms with van der Waals surface area (Å²) in [7, 11) is 0. The third kappa shape index (κ3) is 4.99. The zero-order valence-corrected chi connectivity index (χ0v) is 10.9. The molecule has 2 amide bonds. The van der Waals surface area contributed by atoms with E-state index in [1.165, 1.54) is 6.92 Å². The minimum absolute atomic E-state index is 0.0422. The number of benzene rings is 1. The molecule has 0 aliphatic carbocycles. The second-order valence-electron chi connectivity index (χ2n) is 4.22. The highest BCUT2D eigenvalue weighted by atomic mass is 16.2. The number of hydrogen-bond acceptors (Lipinski definition) is 2. The minimum Gasteiger partial charge on any atom is -0.356 e. The summed E-state index contributed by atoms with van der Waals surface area (Å²) in [6, 6.07) is 9.26. The van der Waals surface area contributed by atoms with Crippen molar-refractivity contribution in [3.8, 4) is 0 Å². The first-order chi connectivity index (χ1) is 8.63. The highest BCUT2D eigenvalue weighted by Crippen LogP contribution is 2.16. The van der Waals surface area contributed by atoms with Gasteiger partial charge in [-0.05, 0) is 12.0 Å². The van der Waals surface area contributed by atoms with Crippen LogP contribution in [-0.4, -0.2) is 18.4 Å². The molecule has 0 saturated heterocycles. The second kappa shape index (κ2) is 7.48. The first kappa shape index (κ1) is 14.2. The van der Waals surface area contributed by atoms with Gasteiger partial charge in [-0.1, -0.05) is 37.3 Å². The molecule has 0 spiro atoms. The third-order valence-corrected chi connectivity index (χ3v) is 2.54. The van der Waals surface area contributed by atoms with Gasteiger partial charge in [0.25, 0.3) is 0 Å². The van der Waals surface area contributed by atoms with Crippen LogP contribution in [0.4, 0.5) is 0 Å². The van der Waals surface area contributed by atoms with Crippen molar-refractivity contribution in [2.75, 3.05) is 6.54 Å². The van der Waals surface area contributed by atoms with Crippen molar-refractivity contribution in [3.05, 3.63) is 35.9 Å². The summed E-state index contributed by atoms with van der Waals surface area (Å²) in [5, 5.41) is 5.62. The van der Waals surface area contributed by atoms with Crippen molar-refractivity contribution in [1.29, 1.82) is 0 Å². The van der Waals surface area contributed by atoms with Crippen molar-refractivity contribution in [2.24, 2.45) is 0 Å². The van der Waals surface area contributed by atoms with Crippen molar-refractivity contribution in [1.82, 2.24) is 10.6 Å². The van der Waals surface area contributed by atoms with Crippen molar-refractivity contribution >= 4 is 11.8 Å². The summed E-state index contributed by atoms with van der Waals surface area (Å²) in [5.41, 5.74) is 0.944. The third-order valence-electron chi connectivity index (χ3n) is 2.54. The van der Waals surface area contributed by atoms with Crippen LogP contribution < -0.4 is 10.6 Å². The van der Waals surface area contributed by atoms with Crippen LogP contribution in [0.15, 0.2) is 30.3 Å². The average molecular weight is 248 g/mol. The van der Waals surface area contributed by atoms with Crippen LogP contribution in [-0.2, 0) is 9.59 Å². The number of carbonyl (C=O) groups is 2. The van der Waals surface area contributed by atoms with E-state index in [4.69, 9.17) is 0 Å². The Hall–Kier alpha value is -1.84. The van der Waals surface area contributed by atoms with Crippen LogP contribution in [0.2, 0.25) is 0 Å². The SMILES string of the molecule is CCCNC(=O)CC(NC(C)=O)c1ccccc1. The van der Waals surface area contributed by atoms with Crippen molar-refractivity contribution < 1.29 is 9.59 Å². The van der Waals surface area contributed by atoms with E-state index in [-0.39, 0.29) is 24.3 Å². The predicted molar refractivity (Wildman–Crippen MR) is 70.9 cm³/mol. The highest BCUT2D eigenvalue weighted by molar-refractivity contribution is 5.79. The quantitative estimate of drug-likeness (QED) is 0.806. The van der Waals surface area contributed by atoms with Crippen LogP contribution in [0.3, 0.4) is 0 Å². The monoisotopic (exact) mass is 248 g/mol. The molecule has 0 aliphatic rings. The van der Waals surface area contributed by atoms with E-state index in [1.54, 1.807) is 0 Å². The Morgan fingerprint density at radius 1 is 1.22 bits per heavy atom. The fraction of sp³-hybridized carbons (Fsp3) is 0.429. The number of carbonyl (C=O) groups excluding carboxylic acids is 2. The zero-order valence-electron chi connectivity index (χ0n) is 10.9. The lowest BCUT2D eigenvalue weighted by molar-refractivity contribution is -0.122. The molecule has 0 aliphatic heterocycles. The summed E-state index contributed by atoms with van der Waals surface area (Å²) in [6.45, 7) is 4.13. The van der Waals surface area contributed by atoms with E-state index in [0.717, 1.165) is 12.0 Å². The Labute approximate surface area is 108 Å². The maximum absolute atomic E-state index is 11.7. The largest absolute Gasteiger partial charge is 0.356 e. The Morgan fingerprint density at radius 3 is 2.44 bits per heavy atom. The molecule has 98 valence electrons. The lowest BCUT2D eigenvalue weighted by Crippen LogP contribution is -2.32. The van der Waals surface area contributed by atoms with Gasteiger partial charge in [-0.2, -0.15) is 0 Å². The van der Waals surface area contributed by atoms with Gasteiger partial charge in [-0.3, -0.25) is 9.59 Å². The van der Waals surface area contributed by atoms with Gasteiger partial charge in [0.05, 0.1) is 12.5 Å². The molecule has 0 radical (unpaired) electrons. The smallest absolute Gasteiger partial charge is 0.222 e. The minimum atomic E-state index is -0.263. The molecule has 0 aromatic heterocycles. The molecule has 2 N–H and O–H groups in total. The van der Waals surface area contributed by atoms with Crippen molar-refractivity contribution in [3.63, 3.8) is 0 Å². The molecule has 18 heavy (non-hydrogen) atoms. The summed E-state index contributed by atoms with van der Waals surface area (Å²) in [4.78, 5) is 22.9. The Balaban J connectivity index is 2.67. The van der Waals surface area contributed by atoms with Crippen LogP contribution in [0.1, 0.15) is 38.3 Å². The van der Waals surface area contributed by atoms with E-state index in [2.05, 4.69) is 10.6 Å². The Bertz CT molecular complexity index is 390. The molecule has 0 bridgehead atoms. The van der Waals surface area contributed by atoms with Crippen LogP contribution in [0.25, 0.3) is 0 Å². The molecular weight excluding hydrogens is 228 g/mol. The van der Waals surface area contributed by atoms with E-state index < -0.39 is 0 Å². The molecule has 0 fully saturated rings. The van der Waals surface area contributed by atoms with E-state index in [9.17, 15) is 9.59 Å². The Kier molecular flexibility index (Phi) is 5.91. The fourth-order valence-corrected chi connectivity index (χ4v) is 1.70. The number of nitrogens with one attached hydrogen (secondary N) is 2. The van der Waals surface area contributed by atoms with Gasteiger partial charge in [0.15, 0.2) is 0 Å². The standard InChI is InChI=1S/C14H20N2O2/c1-3-9-15-14(18)10-13(16-11(2)17)12-7-5-4-6-8-12/h4-8,13H,3,9-10H2,1-2H3,(H,15,18)(H,16,17). The number of amides is 2. The molecule has 0 heterocycles. The first-order valence-corrected chi connectivity index (χ1v) is 6.22. The van der Waals surface area contributed by atoms with Crippen LogP contribution in [0.5, 0.6) is 0 Å². The molecule has 1 rings (SSSR count). The number of rotatable bonds is 6. The fourth-order valence-electron chi connectivity index (χ4n) is 1.70. The van der Waals surface area contributed by atoms with Crippen molar-refractivity contribution in [2.45, 2.75) is 32.7 Å². The van der Waals surface area contributed by atoms with E-state index >= 15 is 0 Å². The summed E-state index contributed by atoms with van der Waals surface area (Å²) < 4.78 is 0. The topological polar surface area (TPSA) is 58.2 Å². The molecule has 1 unspecified atom stereocenters. The van der Waals surface area contributed by atoms with E-state index in [0.29, 0.717) is 6.54 Å². The molecule has 1 atom stereocenters. The van der Waals surface area contributed by atoms with Gasteiger partial charge >= 0.3 is 0 Å². The summed E-state index contributed by atoms with van der Waals surface area (Å²) in [6.07, 6.45) is 1.17. The van der Waals surface area contributed by atoms with Gasteiger partial charge in [-0.15, -0.1) is 0 Å². The van der Waals surface area contributed by atoms with Crippen LogP contribution >= 0.6 is 0 Å². The average Bonchev–Trinajstić information content (AvgIpc) is 2.36. The lowest BCUT2D eigenvalue weighted by atomic mass is 10.0. The number of hydrogen-bond donors (Lipinski definition) is 2. The molecule has 1 aromatic rings.